The molecule has 0 aromatic heterocycles. The fraction of sp³-hybridized carbons (Fsp3) is 0.188. The van der Waals surface area contributed by atoms with E-state index in [1.165, 1.54) is 12.1 Å². The van der Waals surface area contributed by atoms with Crippen LogP contribution in [0.15, 0.2) is 42.5 Å². The van der Waals surface area contributed by atoms with E-state index in [9.17, 15) is 9.18 Å². The lowest BCUT2D eigenvalue weighted by molar-refractivity contribution is -0.682. The monoisotopic (exact) mass is 341 g/mol. The van der Waals surface area contributed by atoms with Gasteiger partial charge in [0.1, 0.15) is 11.9 Å². The molecule has 0 saturated carbocycles. The highest BCUT2D eigenvalue weighted by atomic mass is 35.5. The van der Waals surface area contributed by atoms with Crippen molar-refractivity contribution in [3.63, 3.8) is 0 Å². The molecule has 0 radical (unpaired) electrons. The summed E-state index contributed by atoms with van der Waals surface area (Å²) in [6.45, 7) is 2.12. The Kier molecular flexibility index (Phi) is 5.77. The minimum absolute atomic E-state index is 0.0227. The summed E-state index contributed by atoms with van der Waals surface area (Å²) in [6, 6.07) is 11.6. The van der Waals surface area contributed by atoms with Gasteiger partial charge in [-0.3, -0.25) is 4.79 Å². The molecule has 0 heterocycles. The van der Waals surface area contributed by atoms with E-state index in [-0.39, 0.29) is 29.2 Å². The topological polar surface area (TPSA) is 45.7 Å². The molecule has 2 rings (SSSR count). The number of hydrogen-bond donors (Lipinski definition) is 2. The van der Waals surface area contributed by atoms with E-state index in [4.69, 9.17) is 23.2 Å². The molecule has 3 N–H and O–H groups in total. The van der Waals surface area contributed by atoms with Crippen molar-refractivity contribution >= 4 is 34.8 Å². The zero-order valence-electron chi connectivity index (χ0n) is 11.9. The Balaban J connectivity index is 1.91. The Labute approximate surface area is 138 Å². The van der Waals surface area contributed by atoms with E-state index < -0.39 is 5.82 Å². The summed E-state index contributed by atoms with van der Waals surface area (Å²) in [4.78, 5) is 11.9. The summed E-state index contributed by atoms with van der Waals surface area (Å²) in [5.41, 5.74) is 1.07. The second-order valence-corrected chi connectivity index (χ2v) is 5.77. The molecule has 0 aliphatic heterocycles. The predicted octanol–water partition coefficient (Wildman–Crippen LogP) is 3.40. The van der Waals surface area contributed by atoms with E-state index in [1.54, 1.807) is 0 Å². The summed E-state index contributed by atoms with van der Waals surface area (Å²) in [6.07, 6.45) is 0. The molecule has 0 saturated heterocycles. The summed E-state index contributed by atoms with van der Waals surface area (Å²) in [5.74, 6) is -0.847. The third-order valence-corrected chi connectivity index (χ3v) is 3.84. The van der Waals surface area contributed by atoms with Crippen molar-refractivity contribution in [3.05, 3.63) is 63.9 Å². The zero-order chi connectivity index (χ0) is 16.1. The number of benzene rings is 2. The van der Waals surface area contributed by atoms with Crippen molar-refractivity contribution in [2.75, 3.05) is 11.9 Å². The van der Waals surface area contributed by atoms with Crippen LogP contribution in [-0.4, -0.2) is 12.5 Å². The summed E-state index contributed by atoms with van der Waals surface area (Å²) in [7, 11) is 0. The third kappa shape index (κ3) is 4.44. The summed E-state index contributed by atoms with van der Waals surface area (Å²) in [5, 5.41) is 5.31. The van der Waals surface area contributed by atoms with E-state index >= 15 is 0 Å². The van der Waals surface area contributed by atoms with Gasteiger partial charge in [-0.05, 0) is 31.2 Å². The van der Waals surface area contributed by atoms with Crippen LogP contribution in [0.4, 0.5) is 10.1 Å². The maximum Gasteiger partial charge on any atom is 0.279 e. The molecule has 1 atom stereocenters. The molecule has 22 heavy (non-hydrogen) atoms. The number of nitrogens with one attached hydrogen (secondary N) is 1. The van der Waals surface area contributed by atoms with Gasteiger partial charge in [-0.15, -0.1) is 0 Å². The minimum atomic E-state index is -0.556. The molecule has 2 aromatic carbocycles. The van der Waals surface area contributed by atoms with Gasteiger partial charge in [0.25, 0.3) is 5.91 Å². The van der Waals surface area contributed by atoms with Crippen molar-refractivity contribution in [3.8, 4) is 0 Å². The maximum absolute atomic E-state index is 13.6. The van der Waals surface area contributed by atoms with Gasteiger partial charge in [0, 0.05) is 15.6 Å². The molecule has 0 aliphatic rings. The molecular weight excluding hydrogens is 326 g/mol. The zero-order valence-corrected chi connectivity index (χ0v) is 13.5. The highest BCUT2D eigenvalue weighted by molar-refractivity contribution is 6.31. The molecule has 0 bridgehead atoms. The number of anilines is 1. The Morgan fingerprint density at radius 3 is 2.68 bits per heavy atom. The Morgan fingerprint density at radius 1 is 1.27 bits per heavy atom. The Bertz CT molecular complexity index is 679. The van der Waals surface area contributed by atoms with Crippen LogP contribution in [0.3, 0.4) is 0 Å². The van der Waals surface area contributed by atoms with Crippen LogP contribution < -0.4 is 10.6 Å². The van der Waals surface area contributed by atoms with Crippen molar-refractivity contribution in [2.24, 2.45) is 0 Å². The fourth-order valence-corrected chi connectivity index (χ4v) is 2.51. The number of nitrogens with two attached hydrogens (primary N) is 1. The van der Waals surface area contributed by atoms with Crippen LogP contribution in [0.2, 0.25) is 10.0 Å². The Morgan fingerprint density at radius 2 is 2.00 bits per heavy atom. The quantitative estimate of drug-likeness (QED) is 0.860. The molecule has 0 fully saturated rings. The van der Waals surface area contributed by atoms with Crippen molar-refractivity contribution < 1.29 is 14.5 Å². The number of amides is 1. The van der Waals surface area contributed by atoms with Crippen molar-refractivity contribution in [1.82, 2.24) is 0 Å². The highest BCUT2D eigenvalue weighted by Gasteiger charge is 2.15. The Hall–Kier alpha value is -1.62. The summed E-state index contributed by atoms with van der Waals surface area (Å²) >= 11 is 11.8. The molecule has 2 aromatic rings. The molecule has 0 unspecified atom stereocenters. The fourth-order valence-electron chi connectivity index (χ4n) is 2.05. The van der Waals surface area contributed by atoms with Gasteiger partial charge in [-0.2, -0.15) is 0 Å². The first-order valence-electron chi connectivity index (χ1n) is 6.80. The van der Waals surface area contributed by atoms with E-state index in [0.717, 1.165) is 11.6 Å². The van der Waals surface area contributed by atoms with Crippen LogP contribution in [0.25, 0.3) is 0 Å². The second-order valence-electron chi connectivity index (χ2n) is 4.92. The average Bonchev–Trinajstić information content (AvgIpc) is 2.48. The van der Waals surface area contributed by atoms with Gasteiger partial charge in [-0.1, -0.05) is 41.4 Å². The first-order chi connectivity index (χ1) is 10.5. The lowest BCUT2D eigenvalue weighted by Gasteiger charge is -2.12. The smallest absolute Gasteiger partial charge is 0.279 e. The molecule has 6 heteroatoms. The van der Waals surface area contributed by atoms with Crippen LogP contribution in [-0.2, 0) is 4.79 Å². The van der Waals surface area contributed by atoms with E-state index in [0.29, 0.717) is 5.02 Å². The number of hydrogen-bond acceptors (Lipinski definition) is 1. The maximum atomic E-state index is 13.6. The molecule has 1 amide bonds. The lowest BCUT2D eigenvalue weighted by atomic mass is 10.1. The van der Waals surface area contributed by atoms with Crippen LogP contribution in [0.1, 0.15) is 18.5 Å². The van der Waals surface area contributed by atoms with E-state index in [2.05, 4.69) is 5.32 Å². The number of carbonyl (C=O) groups excluding carboxylic acids is 1. The SMILES string of the molecule is C[C@H]([NH2+]CC(=O)Nc1ccc(Cl)cc1F)c1ccccc1Cl. The molecule has 3 nitrogen and oxygen atoms in total. The number of halogens is 3. The number of rotatable bonds is 5. The largest absolute Gasteiger partial charge is 0.332 e. The van der Waals surface area contributed by atoms with Crippen molar-refractivity contribution in [2.45, 2.75) is 13.0 Å². The summed E-state index contributed by atoms with van der Waals surface area (Å²) < 4.78 is 13.6. The van der Waals surface area contributed by atoms with Crippen molar-refractivity contribution in [1.29, 1.82) is 0 Å². The minimum Gasteiger partial charge on any atom is -0.332 e. The first-order valence-corrected chi connectivity index (χ1v) is 7.55. The van der Waals surface area contributed by atoms with Gasteiger partial charge < -0.3 is 10.6 Å². The van der Waals surface area contributed by atoms with Gasteiger partial charge >= 0.3 is 0 Å². The first kappa shape index (κ1) is 16.7. The molecule has 0 spiro atoms. The standard InChI is InChI=1S/C16H15Cl2FN2O/c1-10(12-4-2-3-5-13(12)18)20-9-16(22)21-15-7-6-11(17)8-14(15)19/h2-8,10,20H,9H2,1H3,(H,21,22)/p+1/t10-/m0/s1. The van der Waals surface area contributed by atoms with Crippen LogP contribution in [0.5, 0.6) is 0 Å². The van der Waals surface area contributed by atoms with Crippen LogP contribution >= 0.6 is 23.2 Å². The van der Waals surface area contributed by atoms with Gasteiger partial charge in [0.05, 0.1) is 5.69 Å². The number of quaternary nitrogens is 1. The lowest BCUT2D eigenvalue weighted by Crippen LogP contribution is -2.86. The van der Waals surface area contributed by atoms with Gasteiger partial charge in [0.15, 0.2) is 6.54 Å². The average molecular weight is 342 g/mol. The highest BCUT2D eigenvalue weighted by Crippen LogP contribution is 2.20. The molecular formula is C16H16Cl2FN2O+. The third-order valence-electron chi connectivity index (χ3n) is 3.26. The molecule has 0 aliphatic carbocycles. The van der Waals surface area contributed by atoms with E-state index in [1.807, 2.05) is 36.5 Å². The normalized spacial score (nSPS) is 12.0. The number of carbonyl (C=O) groups is 1. The predicted molar refractivity (Wildman–Crippen MR) is 86.7 cm³/mol. The molecule has 116 valence electrons. The van der Waals surface area contributed by atoms with Gasteiger partial charge in [-0.25, -0.2) is 4.39 Å². The van der Waals surface area contributed by atoms with Crippen LogP contribution in [0, 0.1) is 5.82 Å². The second kappa shape index (κ2) is 7.58. The van der Waals surface area contributed by atoms with Gasteiger partial charge in [0.2, 0.25) is 0 Å².